The summed E-state index contributed by atoms with van der Waals surface area (Å²) in [5.41, 5.74) is 5.58. The maximum Gasteiger partial charge on any atom is 0.246 e. The Morgan fingerprint density at radius 1 is 1.10 bits per heavy atom. The molecule has 1 fully saturated rings. The maximum atomic E-state index is 13.3. The van der Waals surface area contributed by atoms with Crippen molar-refractivity contribution in [3.63, 3.8) is 0 Å². The van der Waals surface area contributed by atoms with E-state index in [2.05, 4.69) is 4.90 Å². The van der Waals surface area contributed by atoms with Crippen LogP contribution in [0.5, 0.6) is 0 Å². The van der Waals surface area contributed by atoms with Crippen LogP contribution in [0.2, 0.25) is 0 Å². The van der Waals surface area contributed by atoms with E-state index in [0.29, 0.717) is 18.6 Å². The van der Waals surface area contributed by atoms with Gasteiger partial charge in [0.25, 0.3) is 0 Å². The topological polar surface area (TPSA) is 96.2 Å². The molecule has 1 aliphatic rings. The number of thioether (sulfide) groups is 1. The summed E-state index contributed by atoms with van der Waals surface area (Å²) in [6.45, 7) is 10.2. The van der Waals surface area contributed by atoms with E-state index < -0.39 is 18.0 Å². The largest absolute Gasteiger partial charge is 0.379 e. The minimum Gasteiger partial charge on any atom is -0.379 e. The van der Waals surface area contributed by atoms with Gasteiger partial charge in [0.05, 0.1) is 13.2 Å². The van der Waals surface area contributed by atoms with Crippen LogP contribution in [0, 0.1) is 5.92 Å². The average Bonchev–Trinajstić information content (AvgIpc) is 2.71. The van der Waals surface area contributed by atoms with Crippen molar-refractivity contribution in [2.75, 3.05) is 58.4 Å². The summed E-state index contributed by atoms with van der Waals surface area (Å²) in [5, 5.41) is 0. The van der Waals surface area contributed by atoms with E-state index in [1.165, 1.54) is 9.80 Å². The number of primary amides is 1. The highest BCUT2D eigenvalue weighted by Gasteiger charge is 2.34. The van der Waals surface area contributed by atoms with E-state index in [9.17, 15) is 14.4 Å². The van der Waals surface area contributed by atoms with Gasteiger partial charge in [-0.1, -0.05) is 20.8 Å². The summed E-state index contributed by atoms with van der Waals surface area (Å²) >= 11 is 1.66. The fourth-order valence-electron chi connectivity index (χ4n) is 3.43. The van der Waals surface area contributed by atoms with Gasteiger partial charge in [0.1, 0.15) is 12.1 Å². The summed E-state index contributed by atoms with van der Waals surface area (Å²) in [6, 6.07) is -1.29. The molecular formula is C21H40N4O4S. The summed E-state index contributed by atoms with van der Waals surface area (Å²) in [7, 11) is 3.29. The molecule has 0 radical (unpaired) electrons. The molecular weight excluding hydrogens is 404 g/mol. The van der Waals surface area contributed by atoms with Gasteiger partial charge in [0, 0.05) is 51.7 Å². The van der Waals surface area contributed by atoms with Gasteiger partial charge in [0.2, 0.25) is 17.7 Å². The third kappa shape index (κ3) is 8.81. The lowest BCUT2D eigenvalue weighted by atomic mass is 10.0. The Bertz CT molecular complexity index is 555. The van der Waals surface area contributed by atoms with Crippen molar-refractivity contribution in [1.82, 2.24) is 14.7 Å². The van der Waals surface area contributed by atoms with Crippen molar-refractivity contribution in [2.45, 2.75) is 52.1 Å². The number of carbonyl (C=O) groups is 3. The molecule has 30 heavy (non-hydrogen) atoms. The van der Waals surface area contributed by atoms with Crippen LogP contribution in [0.3, 0.4) is 0 Å². The fourth-order valence-corrected chi connectivity index (χ4v) is 4.57. The SMILES string of the molecule is CCCC(=O)N(C)[C@H](CSCCN1CCOCC1)C(=O)N(C)[C@@H](CC(C)C)C(N)=O. The van der Waals surface area contributed by atoms with Crippen LogP contribution in [-0.2, 0) is 19.1 Å². The lowest BCUT2D eigenvalue weighted by Crippen LogP contribution is -2.55. The van der Waals surface area contributed by atoms with E-state index in [1.807, 2.05) is 20.8 Å². The van der Waals surface area contributed by atoms with E-state index in [-0.39, 0.29) is 17.7 Å². The molecule has 1 rings (SSSR count). The number of ether oxygens (including phenoxy) is 1. The van der Waals surface area contributed by atoms with Gasteiger partial charge < -0.3 is 20.3 Å². The van der Waals surface area contributed by atoms with Crippen molar-refractivity contribution in [1.29, 1.82) is 0 Å². The van der Waals surface area contributed by atoms with Crippen LogP contribution in [0.15, 0.2) is 0 Å². The van der Waals surface area contributed by atoms with Crippen LogP contribution in [0.4, 0.5) is 0 Å². The smallest absolute Gasteiger partial charge is 0.246 e. The molecule has 9 heteroatoms. The zero-order chi connectivity index (χ0) is 22.7. The van der Waals surface area contributed by atoms with Gasteiger partial charge in [0.15, 0.2) is 0 Å². The van der Waals surface area contributed by atoms with Gasteiger partial charge in [-0.2, -0.15) is 11.8 Å². The highest BCUT2D eigenvalue weighted by atomic mass is 32.2. The zero-order valence-electron chi connectivity index (χ0n) is 19.3. The number of hydrogen-bond donors (Lipinski definition) is 1. The standard InChI is InChI=1S/C21H40N4O4S/c1-6-7-19(26)23(4)18(15-30-13-10-25-8-11-29-12-9-25)21(28)24(5)17(20(22)27)14-16(2)3/h16-18H,6-15H2,1-5H3,(H2,22,27)/t17-,18+/m0/s1. The molecule has 0 bridgehead atoms. The summed E-state index contributed by atoms with van der Waals surface area (Å²) in [4.78, 5) is 43.1. The van der Waals surface area contributed by atoms with Crippen LogP contribution in [0.1, 0.15) is 40.0 Å². The van der Waals surface area contributed by atoms with Crippen LogP contribution >= 0.6 is 11.8 Å². The second-order valence-electron chi connectivity index (χ2n) is 8.30. The minimum atomic E-state index is -0.673. The predicted molar refractivity (Wildman–Crippen MR) is 121 cm³/mol. The van der Waals surface area contributed by atoms with E-state index in [1.54, 1.807) is 25.9 Å². The third-order valence-corrected chi connectivity index (χ3v) is 6.40. The van der Waals surface area contributed by atoms with Gasteiger partial charge in [-0.25, -0.2) is 0 Å². The monoisotopic (exact) mass is 444 g/mol. The number of carbonyl (C=O) groups excluding carboxylic acids is 3. The van der Waals surface area contributed by atoms with Gasteiger partial charge in [-0.05, 0) is 18.8 Å². The molecule has 0 spiro atoms. The normalized spacial score (nSPS) is 16.9. The Labute approximate surface area is 185 Å². The molecule has 0 aliphatic carbocycles. The number of likely N-dealkylation sites (N-methyl/N-ethyl adjacent to an activating group) is 2. The molecule has 1 aliphatic heterocycles. The number of nitrogens with two attached hydrogens (primary N) is 1. The molecule has 2 atom stereocenters. The minimum absolute atomic E-state index is 0.0579. The lowest BCUT2D eigenvalue weighted by molar-refractivity contribution is -0.146. The molecule has 0 unspecified atom stereocenters. The molecule has 0 saturated carbocycles. The first kappa shape index (κ1) is 26.7. The van der Waals surface area contributed by atoms with E-state index in [4.69, 9.17) is 10.5 Å². The predicted octanol–water partition coefficient (Wildman–Crippen LogP) is 1.04. The van der Waals surface area contributed by atoms with Gasteiger partial charge >= 0.3 is 0 Å². The summed E-state index contributed by atoms with van der Waals surface area (Å²) < 4.78 is 5.37. The first-order valence-electron chi connectivity index (χ1n) is 10.9. The molecule has 0 aromatic rings. The Morgan fingerprint density at radius 3 is 2.27 bits per heavy atom. The highest BCUT2D eigenvalue weighted by molar-refractivity contribution is 7.99. The average molecular weight is 445 g/mol. The number of rotatable bonds is 13. The first-order chi connectivity index (χ1) is 14.2. The van der Waals surface area contributed by atoms with Gasteiger partial charge in [-0.15, -0.1) is 0 Å². The van der Waals surface area contributed by atoms with Crippen molar-refractivity contribution in [3.05, 3.63) is 0 Å². The summed E-state index contributed by atoms with van der Waals surface area (Å²) in [5.74, 6) is 0.781. The summed E-state index contributed by atoms with van der Waals surface area (Å²) in [6.07, 6.45) is 1.62. The number of nitrogens with zero attached hydrogens (tertiary/aromatic N) is 3. The zero-order valence-corrected chi connectivity index (χ0v) is 20.1. The molecule has 0 aromatic carbocycles. The van der Waals surface area contributed by atoms with Gasteiger partial charge in [-0.3, -0.25) is 19.3 Å². The third-order valence-electron chi connectivity index (χ3n) is 5.38. The first-order valence-corrected chi connectivity index (χ1v) is 12.0. The number of morpholine rings is 1. The van der Waals surface area contributed by atoms with Crippen LogP contribution in [0.25, 0.3) is 0 Å². The number of hydrogen-bond acceptors (Lipinski definition) is 6. The quantitative estimate of drug-likeness (QED) is 0.427. The molecule has 8 nitrogen and oxygen atoms in total. The van der Waals surface area contributed by atoms with Crippen molar-refractivity contribution >= 4 is 29.5 Å². The van der Waals surface area contributed by atoms with Crippen LogP contribution < -0.4 is 5.73 Å². The molecule has 0 aromatic heterocycles. The Balaban J connectivity index is 2.80. The van der Waals surface area contributed by atoms with Crippen molar-refractivity contribution < 1.29 is 19.1 Å². The molecule has 3 amide bonds. The lowest BCUT2D eigenvalue weighted by Gasteiger charge is -2.34. The van der Waals surface area contributed by atoms with E-state index in [0.717, 1.165) is 45.0 Å². The van der Waals surface area contributed by atoms with Crippen LogP contribution in [-0.4, -0.2) is 103 Å². The Kier molecular flexibility index (Phi) is 12.4. The molecule has 1 heterocycles. The number of amides is 3. The second-order valence-corrected chi connectivity index (χ2v) is 9.45. The maximum absolute atomic E-state index is 13.3. The molecule has 2 N–H and O–H groups in total. The Morgan fingerprint density at radius 2 is 1.73 bits per heavy atom. The fraction of sp³-hybridized carbons (Fsp3) is 0.857. The highest BCUT2D eigenvalue weighted by Crippen LogP contribution is 2.17. The Hall–Kier alpha value is -1.32. The van der Waals surface area contributed by atoms with Crippen molar-refractivity contribution in [2.24, 2.45) is 11.7 Å². The second kappa shape index (κ2) is 13.9. The van der Waals surface area contributed by atoms with Crippen molar-refractivity contribution in [3.8, 4) is 0 Å². The molecule has 1 saturated heterocycles. The van der Waals surface area contributed by atoms with E-state index >= 15 is 0 Å². The molecule has 174 valence electrons.